The summed E-state index contributed by atoms with van der Waals surface area (Å²) in [5.74, 6) is -0.398. The Balaban J connectivity index is 2.45. The number of Topliss-reactive ketones (excluding diaryl/α,β-unsaturated/α-hetero) is 1. The van der Waals surface area contributed by atoms with Crippen LogP contribution in [0.25, 0.3) is 5.57 Å². The molecule has 0 aromatic heterocycles. The normalized spacial score (nSPS) is 12.2. The van der Waals surface area contributed by atoms with Crippen molar-refractivity contribution in [3.05, 3.63) is 76.4 Å². The Hall–Kier alpha value is -2.27. The van der Waals surface area contributed by atoms with Gasteiger partial charge in [-0.2, -0.15) is 13.2 Å². The van der Waals surface area contributed by atoms with E-state index in [1.807, 2.05) is 0 Å². The molecule has 126 valence electrons. The van der Waals surface area contributed by atoms with Crippen molar-refractivity contribution in [2.45, 2.75) is 6.18 Å². The first kappa shape index (κ1) is 18.1. The molecule has 0 saturated carbocycles. The molecule has 2 nitrogen and oxygen atoms in total. The molecule has 2 aromatic rings. The molecule has 0 heterocycles. The minimum Gasteiger partial charge on any atom is -0.383 e. The van der Waals surface area contributed by atoms with Crippen LogP contribution in [0.15, 0.2) is 54.7 Å². The molecule has 0 unspecified atom stereocenters. The molecule has 0 atom stereocenters. The molecule has 0 saturated heterocycles. The van der Waals surface area contributed by atoms with Crippen LogP contribution in [0.5, 0.6) is 0 Å². The average molecular weight is 354 g/mol. The summed E-state index contributed by atoms with van der Waals surface area (Å²) in [6.07, 6.45) is -2.84. The zero-order valence-corrected chi connectivity index (χ0v) is 13.8. The zero-order chi connectivity index (χ0) is 17.9. The Labute approximate surface area is 143 Å². The summed E-state index contributed by atoms with van der Waals surface area (Å²) in [5.41, 5.74) is 0.203. The lowest BCUT2D eigenvalue weighted by atomic mass is 9.96. The molecule has 24 heavy (non-hydrogen) atoms. The molecule has 2 aromatic carbocycles. The van der Waals surface area contributed by atoms with Crippen molar-refractivity contribution in [3.63, 3.8) is 0 Å². The maximum absolute atomic E-state index is 12.8. The van der Waals surface area contributed by atoms with E-state index in [0.717, 1.165) is 12.1 Å². The Bertz CT molecular complexity index is 765. The maximum Gasteiger partial charge on any atom is 0.416 e. The van der Waals surface area contributed by atoms with Crippen molar-refractivity contribution in [3.8, 4) is 0 Å². The fourth-order valence-corrected chi connectivity index (χ4v) is 2.39. The molecule has 0 bridgehead atoms. The van der Waals surface area contributed by atoms with Crippen LogP contribution in [0.1, 0.15) is 21.5 Å². The lowest BCUT2D eigenvalue weighted by Gasteiger charge is -2.14. The summed E-state index contributed by atoms with van der Waals surface area (Å²) in [4.78, 5) is 14.4. The van der Waals surface area contributed by atoms with E-state index in [2.05, 4.69) is 0 Å². The molecule has 0 aliphatic carbocycles. The van der Waals surface area contributed by atoms with Gasteiger partial charge in [0.25, 0.3) is 0 Å². The van der Waals surface area contributed by atoms with Gasteiger partial charge in [0.1, 0.15) is 0 Å². The third-order valence-corrected chi connectivity index (χ3v) is 3.60. The first-order chi connectivity index (χ1) is 11.2. The fourth-order valence-electron chi connectivity index (χ4n) is 2.15. The monoisotopic (exact) mass is 353 g/mol. The molecular weight excluding hydrogens is 339 g/mol. The Morgan fingerprint density at radius 2 is 1.62 bits per heavy atom. The molecule has 0 N–H and O–H groups in total. The fraction of sp³-hybridized carbons (Fsp3) is 0.167. The molecule has 0 fully saturated rings. The minimum absolute atomic E-state index is 0.163. The molecule has 2 rings (SSSR count). The van der Waals surface area contributed by atoms with Crippen LogP contribution in [0, 0.1) is 0 Å². The third-order valence-electron chi connectivity index (χ3n) is 3.27. The van der Waals surface area contributed by atoms with E-state index >= 15 is 0 Å². The van der Waals surface area contributed by atoms with Crippen LogP contribution in [0.2, 0.25) is 5.02 Å². The van der Waals surface area contributed by atoms with Gasteiger partial charge >= 0.3 is 6.18 Å². The van der Waals surface area contributed by atoms with Crippen LogP contribution in [0.4, 0.5) is 13.2 Å². The number of carbonyl (C=O) groups is 1. The van der Waals surface area contributed by atoms with Crippen LogP contribution in [-0.2, 0) is 6.18 Å². The van der Waals surface area contributed by atoms with Crippen molar-refractivity contribution >= 4 is 23.0 Å². The van der Waals surface area contributed by atoms with Crippen LogP contribution < -0.4 is 0 Å². The van der Waals surface area contributed by atoms with E-state index in [4.69, 9.17) is 11.6 Å². The highest BCUT2D eigenvalue weighted by atomic mass is 35.5. The lowest BCUT2D eigenvalue weighted by Crippen LogP contribution is -2.10. The van der Waals surface area contributed by atoms with Gasteiger partial charge in [-0.3, -0.25) is 4.79 Å². The van der Waals surface area contributed by atoms with Gasteiger partial charge in [0.05, 0.1) is 5.56 Å². The molecular formula is C18H15ClF3NO. The second-order valence-electron chi connectivity index (χ2n) is 5.39. The Morgan fingerprint density at radius 1 is 1.04 bits per heavy atom. The molecule has 0 radical (unpaired) electrons. The topological polar surface area (TPSA) is 20.3 Å². The molecule has 0 amide bonds. The predicted octanol–water partition coefficient (Wildman–Crippen LogP) is 5.14. The van der Waals surface area contributed by atoms with E-state index < -0.39 is 17.5 Å². The number of alkyl halides is 3. The smallest absolute Gasteiger partial charge is 0.383 e. The SMILES string of the molecule is CN(C)C=C(C(=O)c1ccc(C(F)(F)F)cc1)c1ccccc1Cl. The third kappa shape index (κ3) is 4.17. The summed E-state index contributed by atoms with van der Waals surface area (Å²) >= 11 is 6.16. The van der Waals surface area contributed by atoms with Crippen molar-refractivity contribution in [1.29, 1.82) is 0 Å². The highest BCUT2D eigenvalue weighted by molar-refractivity contribution is 6.37. The number of halogens is 4. The highest BCUT2D eigenvalue weighted by Gasteiger charge is 2.30. The summed E-state index contributed by atoms with van der Waals surface area (Å²) in [6, 6.07) is 11.0. The van der Waals surface area contributed by atoms with Crippen molar-refractivity contribution in [1.82, 2.24) is 4.90 Å². The van der Waals surface area contributed by atoms with Crippen LogP contribution in [0.3, 0.4) is 0 Å². The lowest BCUT2D eigenvalue weighted by molar-refractivity contribution is -0.137. The van der Waals surface area contributed by atoms with Gasteiger partial charge in [0.2, 0.25) is 0 Å². The van der Waals surface area contributed by atoms with Crippen LogP contribution >= 0.6 is 11.6 Å². The quantitative estimate of drug-likeness (QED) is 0.560. The zero-order valence-electron chi connectivity index (χ0n) is 13.1. The van der Waals surface area contributed by atoms with Gasteiger partial charge < -0.3 is 4.90 Å². The van der Waals surface area contributed by atoms with Crippen molar-refractivity contribution in [2.75, 3.05) is 14.1 Å². The Morgan fingerprint density at radius 3 is 2.12 bits per heavy atom. The number of benzene rings is 2. The van der Waals surface area contributed by atoms with E-state index in [-0.39, 0.29) is 5.56 Å². The number of rotatable bonds is 4. The molecule has 0 aliphatic heterocycles. The van der Waals surface area contributed by atoms with Gasteiger partial charge in [-0.1, -0.05) is 41.9 Å². The standard InChI is InChI=1S/C18H15ClF3NO/c1-23(2)11-15(14-5-3-4-6-16(14)19)17(24)12-7-9-13(10-8-12)18(20,21)22/h3-11H,1-2H3. The van der Waals surface area contributed by atoms with Crippen molar-refractivity contribution < 1.29 is 18.0 Å². The number of nitrogens with zero attached hydrogens (tertiary/aromatic N) is 1. The van der Waals surface area contributed by atoms with Gasteiger partial charge in [0, 0.05) is 42.0 Å². The molecule has 0 spiro atoms. The van der Waals surface area contributed by atoms with E-state index in [0.29, 0.717) is 16.2 Å². The molecule has 0 aliphatic rings. The maximum atomic E-state index is 12.8. The van der Waals surface area contributed by atoms with E-state index in [1.54, 1.807) is 49.5 Å². The second-order valence-corrected chi connectivity index (χ2v) is 5.80. The van der Waals surface area contributed by atoms with E-state index in [1.165, 1.54) is 12.1 Å². The highest BCUT2D eigenvalue weighted by Crippen LogP contribution is 2.31. The van der Waals surface area contributed by atoms with Gasteiger partial charge in [-0.05, 0) is 18.2 Å². The summed E-state index contributed by atoms with van der Waals surface area (Å²) in [7, 11) is 3.49. The van der Waals surface area contributed by atoms with E-state index in [9.17, 15) is 18.0 Å². The Kier molecular flexibility index (Phi) is 5.34. The second kappa shape index (κ2) is 7.09. The number of carbonyl (C=O) groups excluding carboxylic acids is 1. The average Bonchev–Trinajstić information content (AvgIpc) is 2.52. The number of allylic oxidation sites excluding steroid dienone is 1. The molecule has 6 heteroatoms. The van der Waals surface area contributed by atoms with Crippen LogP contribution in [-0.4, -0.2) is 24.8 Å². The first-order valence-electron chi connectivity index (χ1n) is 7.05. The van der Waals surface area contributed by atoms with Gasteiger partial charge in [-0.15, -0.1) is 0 Å². The number of ketones is 1. The number of hydrogen-bond donors (Lipinski definition) is 0. The number of hydrogen-bond acceptors (Lipinski definition) is 2. The predicted molar refractivity (Wildman–Crippen MR) is 88.9 cm³/mol. The van der Waals surface area contributed by atoms with Gasteiger partial charge in [0.15, 0.2) is 5.78 Å². The minimum atomic E-state index is -4.44. The summed E-state index contributed by atoms with van der Waals surface area (Å²) < 4.78 is 37.9. The first-order valence-corrected chi connectivity index (χ1v) is 7.43. The van der Waals surface area contributed by atoms with Gasteiger partial charge in [-0.25, -0.2) is 0 Å². The summed E-state index contributed by atoms with van der Waals surface area (Å²) in [5, 5.41) is 0.394. The summed E-state index contributed by atoms with van der Waals surface area (Å²) in [6.45, 7) is 0. The van der Waals surface area contributed by atoms with Crippen molar-refractivity contribution in [2.24, 2.45) is 0 Å². The largest absolute Gasteiger partial charge is 0.416 e.